The number of hydrogen-bond acceptors (Lipinski definition) is 5. The molecule has 0 aromatic heterocycles. The lowest BCUT2D eigenvalue weighted by molar-refractivity contribution is -0.140. The van der Waals surface area contributed by atoms with Crippen molar-refractivity contribution in [2.45, 2.75) is 51.1 Å². The predicted molar refractivity (Wildman–Crippen MR) is 153 cm³/mol. The minimum atomic E-state index is -4.10. The monoisotopic (exact) mass is 551 g/mol. The molecular weight excluding hydrogens is 514 g/mol. The van der Waals surface area contributed by atoms with Crippen LogP contribution in [0.3, 0.4) is 0 Å². The van der Waals surface area contributed by atoms with Gasteiger partial charge in [-0.3, -0.25) is 13.9 Å². The van der Waals surface area contributed by atoms with Gasteiger partial charge in [0.1, 0.15) is 18.3 Å². The molecule has 0 spiro atoms. The lowest BCUT2D eigenvalue weighted by Crippen LogP contribution is -2.52. The van der Waals surface area contributed by atoms with Gasteiger partial charge in [-0.25, -0.2) is 8.42 Å². The van der Waals surface area contributed by atoms with Gasteiger partial charge < -0.3 is 15.0 Å². The van der Waals surface area contributed by atoms with E-state index in [9.17, 15) is 18.0 Å². The number of nitrogens with one attached hydrogen (secondary N) is 1. The van der Waals surface area contributed by atoms with E-state index in [0.717, 1.165) is 21.9 Å². The predicted octanol–water partition coefficient (Wildman–Crippen LogP) is 4.53. The Morgan fingerprint density at radius 1 is 0.923 bits per heavy atom. The van der Waals surface area contributed by atoms with Crippen LogP contribution >= 0.6 is 0 Å². The van der Waals surface area contributed by atoms with Gasteiger partial charge in [0.05, 0.1) is 17.7 Å². The Balaban J connectivity index is 2.03. The quantitative estimate of drug-likeness (QED) is 0.337. The fourth-order valence-electron chi connectivity index (χ4n) is 4.17. The average Bonchev–Trinajstić information content (AvgIpc) is 2.96. The average molecular weight is 552 g/mol. The largest absolute Gasteiger partial charge is 0.497 e. The molecule has 8 nitrogen and oxygen atoms in total. The van der Waals surface area contributed by atoms with E-state index < -0.39 is 28.5 Å². The fraction of sp³-hybridized carbons (Fsp3) is 0.333. The van der Waals surface area contributed by atoms with Crippen LogP contribution in [0, 0.1) is 6.92 Å². The number of nitrogens with zero attached hydrogens (tertiary/aromatic N) is 2. The molecule has 0 bridgehead atoms. The van der Waals surface area contributed by atoms with E-state index in [1.165, 1.54) is 24.1 Å². The van der Waals surface area contributed by atoms with E-state index in [-0.39, 0.29) is 17.3 Å². The number of amides is 2. The molecule has 0 saturated carbocycles. The van der Waals surface area contributed by atoms with Gasteiger partial charge in [-0.15, -0.1) is 0 Å². The fourth-order valence-corrected chi connectivity index (χ4v) is 5.61. The Morgan fingerprint density at radius 2 is 1.56 bits per heavy atom. The van der Waals surface area contributed by atoms with Crippen molar-refractivity contribution in [1.82, 2.24) is 10.2 Å². The number of carbonyl (C=O) groups excluding carboxylic acids is 2. The maximum Gasteiger partial charge on any atom is 0.264 e. The molecule has 3 aromatic rings. The number of methoxy groups -OCH3 is 1. The molecule has 39 heavy (non-hydrogen) atoms. The second-order valence-corrected chi connectivity index (χ2v) is 11.1. The summed E-state index contributed by atoms with van der Waals surface area (Å²) in [6.07, 6.45) is 1.13. The normalized spacial score (nSPS) is 11.9. The number of sulfonamides is 1. The summed E-state index contributed by atoms with van der Waals surface area (Å²) in [5, 5.41) is 2.89. The molecule has 0 aliphatic heterocycles. The number of rotatable bonds is 13. The third-order valence-electron chi connectivity index (χ3n) is 6.38. The summed E-state index contributed by atoms with van der Waals surface area (Å²) in [4.78, 5) is 28.7. The third-order valence-corrected chi connectivity index (χ3v) is 8.17. The number of benzene rings is 3. The molecule has 0 saturated heterocycles. The van der Waals surface area contributed by atoms with Crippen molar-refractivity contribution in [2.75, 3.05) is 24.5 Å². The topological polar surface area (TPSA) is 96.0 Å². The van der Waals surface area contributed by atoms with Gasteiger partial charge >= 0.3 is 0 Å². The molecule has 3 rings (SSSR count). The van der Waals surface area contributed by atoms with Gasteiger partial charge in [0.15, 0.2) is 0 Å². The highest BCUT2D eigenvalue weighted by atomic mass is 32.2. The van der Waals surface area contributed by atoms with Gasteiger partial charge in [0.2, 0.25) is 11.8 Å². The Kier molecular flexibility index (Phi) is 10.5. The minimum Gasteiger partial charge on any atom is -0.497 e. The molecule has 0 radical (unpaired) electrons. The number of hydrogen-bond donors (Lipinski definition) is 1. The number of anilines is 1. The Morgan fingerprint density at radius 3 is 2.13 bits per heavy atom. The molecule has 2 amide bonds. The van der Waals surface area contributed by atoms with Crippen molar-refractivity contribution >= 4 is 27.5 Å². The molecule has 208 valence electrons. The van der Waals surface area contributed by atoms with Crippen LogP contribution in [0.4, 0.5) is 5.69 Å². The van der Waals surface area contributed by atoms with Gasteiger partial charge in [0.25, 0.3) is 10.0 Å². The Hall–Kier alpha value is -3.85. The molecule has 0 aliphatic rings. The maximum atomic E-state index is 14.0. The Labute approximate surface area is 231 Å². The first kappa shape index (κ1) is 29.7. The first-order valence-corrected chi connectivity index (χ1v) is 14.5. The highest BCUT2D eigenvalue weighted by molar-refractivity contribution is 7.92. The van der Waals surface area contributed by atoms with Crippen LogP contribution in [0.25, 0.3) is 0 Å². The van der Waals surface area contributed by atoms with Crippen molar-refractivity contribution < 1.29 is 22.7 Å². The van der Waals surface area contributed by atoms with Gasteiger partial charge in [-0.05, 0) is 61.7 Å². The molecule has 0 unspecified atom stereocenters. The number of aryl methyl sites for hydroxylation is 1. The van der Waals surface area contributed by atoms with Crippen LogP contribution in [0.1, 0.15) is 37.8 Å². The van der Waals surface area contributed by atoms with Crippen molar-refractivity contribution in [2.24, 2.45) is 0 Å². The SMILES string of the molecule is CCCNC(=O)[C@H](CC)N(Cc1ccc(C)cc1)C(=O)CN(c1ccc(OC)cc1)S(=O)(=O)c1ccccc1. The highest BCUT2D eigenvalue weighted by Gasteiger charge is 2.33. The number of ether oxygens (including phenoxy) is 1. The number of carbonyl (C=O) groups is 2. The van der Waals surface area contributed by atoms with Crippen LogP contribution in [-0.2, 0) is 26.2 Å². The van der Waals surface area contributed by atoms with Crippen molar-refractivity contribution in [3.63, 3.8) is 0 Å². The Bertz CT molecular complexity index is 1330. The summed E-state index contributed by atoms with van der Waals surface area (Å²) >= 11 is 0. The van der Waals surface area contributed by atoms with Crippen LogP contribution in [0.2, 0.25) is 0 Å². The first-order chi connectivity index (χ1) is 18.7. The van der Waals surface area contributed by atoms with Crippen molar-refractivity contribution in [1.29, 1.82) is 0 Å². The van der Waals surface area contributed by atoms with Crippen molar-refractivity contribution in [3.8, 4) is 5.75 Å². The minimum absolute atomic E-state index is 0.0615. The summed E-state index contributed by atoms with van der Waals surface area (Å²) < 4.78 is 33.9. The zero-order chi connectivity index (χ0) is 28.4. The molecular formula is C30H37N3O5S. The smallest absolute Gasteiger partial charge is 0.264 e. The second-order valence-electron chi connectivity index (χ2n) is 9.25. The molecule has 0 fully saturated rings. The van der Waals surface area contributed by atoms with Crippen LogP contribution in [0.15, 0.2) is 83.8 Å². The van der Waals surface area contributed by atoms with E-state index in [1.54, 1.807) is 42.5 Å². The van der Waals surface area contributed by atoms with Gasteiger partial charge in [0, 0.05) is 13.1 Å². The second kappa shape index (κ2) is 13.8. The summed E-state index contributed by atoms with van der Waals surface area (Å²) in [5.74, 6) is -0.187. The van der Waals surface area contributed by atoms with E-state index in [2.05, 4.69) is 5.32 Å². The van der Waals surface area contributed by atoms with Crippen LogP contribution in [-0.4, -0.2) is 51.4 Å². The third kappa shape index (κ3) is 7.60. The van der Waals surface area contributed by atoms with E-state index in [1.807, 2.05) is 45.0 Å². The molecule has 9 heteroatoms. The molecule has 1 atom stereocenters. The molecule has 3 aromatic carbocycles. The maximum absolute atomic E-state index is 14.0. The summed E-state index contributed by atoms with van der Waals surface area (Å²) in [7, 11) is -2.58. The molecule has 0 aliphatic carbocycles. The standard InChI is InChI=1S/C30H37N3O5S/c1-5-20-31-30(35)28(6-2)32(21-24-14-12-23(3)13-15-24)29(34)22-33(25-16-18-26(38-4)19-17-25)39(36,37)27-10-8-7-9-11-27/h7-19,28H,5-6,20-22H2,1-4H3,(H,31,35)/t28-/m0/s1. The van der Waals surface area contributed by atoms with E-state index in [0.29, 0.717) is 24.4 Å². The molecule has 1 N–H and O–H groups in total. The van der Waals surface area contributed by atoms with Crippen molar-refractivity contribution in [3.05, 3.63) is 90.0 Å². The van der Waals surface area contributed by atoms with Gasteiger partial charge in [-0.2, -0.15) is 0 Å². The summed E-state index contributed by atoms with van der Waals surface area (Å²) in [5.41, 5.74) is 2.23. The zero-order valence-corrected chi connectivity index (χ0v) is 23.8. The van der Waals surface area contributed by atoms with Crippen LogP contribution in [0.5, 0.6) is 5.75 Å². The van der Waals surface area contributed by atoms with E-state index in [4.69, 9.17) is 4.74 Å². The first-order valence-electron chi connectivity index (χ1n) is 13.1. The van der Waals surface area contributed by atoms with Crippen LogP contribution < -0.4 is 14.4 Å². The highest BCUT2D eigenvalue weighted by Crippen LogP contribution is 2.26. The lowest BCUT2D eigenvalue weighted by Gasteiger charge is -2.33. The molecule has 0 heterocycles. The zero-order valence-electron chi connectivity index (χ0n) is 23.0. The summed E-state index contributed by atoms with van der Waals surface area (Å²) in [6.45, 7) is 5.94. The van der Waals surface area contributed by atoms with E-state index >= 15 is 0 Å². The summed E-state index contributed by atoms with van der Waals surface area (Å²) in [6, 6.07) is 21.4. The van der Waals surface area contributed by atoms with Gasteiger partial charge in [-0.1, -0.05) is 61.9 Å². The lowest BCUT2D eigenvalue weighted by atomic mass is 10.1.